The van der Waals surface area contributed by atoms with Crippen molar-refractivity contribution in [2.75, 3.05) is 19.8 Å². The fraction of sp³-hybridized carbons (Fsp3) is 0.720. The Morgan fingerprint density at radius 3 is 2.36 bits per heavy atom. The van der Waals surface area contributed by atoms with Crippen LogP contribution in [0.25, 0.3) is 0 Å². The van der Waals surface area contributed by atoms with Crippen molar-refractivity contribution in [3.05, 3.63) is 26.7 Å². The predicted molar refractivity (Wildman–Crippen MR) is 135 cm³/mol. The number of unbranched alkanes of at least 4 members (excludes halogenated alkanes) is 9. The summed E-state index contributed by atoms with van der Waals surface area (Å²) in [6.45, 7) is 6.52. The molecular formula is C25H41N2O4S2+. The standard InChI is InChI=1S/C25H41N2O4S2/c1-21-23(13-17-28)32-20-27(21)16-12-10-8-6-4-3-5-7-9-11-15-26(19-29)22(2)24-14-18-31-25(30)33-24/h19-20,28H,3-18H2,1-2H3/q+1/b24-22+. The molecule has 186 valence electrons. The van der Waals surface area contributed by atoms with Crippen molar-refractivity contribution >= 4 is 34.8 Å². The summed E-state index contributed by atoms with van der Waals surface area (Å²) in [5, 5.41) is 8.83. The van der Waals surface area contributed by atoms with Crippen molar-refractivity contribution in [1.82, 2.24) is 4.90 Å². The first-order chi connectivity index (χ1) is 16.1. The molecule has 0 bridgehead atoms. The average Bonchev–Trinajstić information content (AvgIpc) is 3.16. The van der Waals surface area contributed by atoms with Crippen molar-refractivity contribution in [2.45, 2.75) is 97.4 Å². The zero-order valence-corrected chi connectivity index (χ0v) is 22.0. The maximum absolute atomic E-state index is 11.5. The Bertz CT molecular complexity index is 764. The van der Waals surface area contributed by atoms with Crippen LogP contribution in [0.1, 0.15) is 88.1 Å². The lowest BCUT2D eigenvalue weighted by atomic mass is 10.1. The molecule has 8 heteroatoms. The van der Waals surface area contributed by atoms with Gasteiger partial charge in [0.15, 0.2) is 5.69 Å². The molecule has 1 saturated heterocycles. The largest absolute Gasteiger partial charge is 0.457 e. The van der Waals surface area contributed by atoms with E-state index < -0.39 is 0 Å². The Morgan fingerprint density at radius 1 is 1.12 bits per heavy atom. The summed E-state index contributed by atoms with van der Waals surface area (Å²) in [4.78, 5) is 26.9. The molecule has 0 aromatic carbocycles. The van der Waals surface area contributed by atoms with Gasteiger partial charge >= 0.3 is 5.30 Å². The third kappa shape index (κ3) is 10.2. The van der Waals surface area contributed by atoms with Crippen molar-refractivity contribution in [2.24, 2.45) is 0 Å². The van der Waals surface area contributed by atoms with Crippen LogP contribution in [0.2, 0.25) is 0 Å². The molecule has 2 heterocycles. The number of allylic oxidation sites excluding steroid dienone is 1. The van der Waals surface area contributed by atoms with Crippen molar-refractivity contribution in [3.63, 3.8) is 0 Å². The number of aromatic nitrogens is 1. The van der Waals surface area contributed by atoms with E-state index >= 15 is 0 Å². The van der Waals surface area contributed by atoms with E-state index in [1.807, 2.05) is 6.92 Å². The molecule has 0 saturated carbocycles. The SMILES string of the molecule is C/C(=C1/CCOC(=O)S1)N(C=O)CCCCCCCCCCCC[n+]1csc(CCO)c1C. The zero-order valence-electron chi connectivity index (χ0n) is 20.4. The molecule has 1 aliphatic rings. The van der Waals surface area contributed by atoms with Gasteiger partial charge in [-0.05, 0) is 31.5 Å². The van der Waals surface area contributed by atoms with Gasteiger partial charge < -0.3 is 14.7 Å². The van der Waals surface area contributed by atoms with Crippen LogP contribution in [0.15, 0.2) is 16.1 Å². The molecule has 0 aliphatic carbocycles. The van der Waals surface area contributed by atoms with Gasteiger partial charge in [-0.3, -0.25) is 4.79 Å². The second-order valence-electron chi connectivity index (χ2n) is 8.69. The third-order valence-electron chi connectivity index (χ3n) is 6.26. The highest BCUT2D eigenvalue weighted by atomic mass is 32.2. The Labute approximate surface area is 207 Å². The van der Waals surface area contributed by atoms with Gasteiger partial charge in [-0.2, -0.15) is 4.57 Å². The molecule has 2 rings (SSSR count). The summed E-state index contributed by atoms with van der Waals surface area (Å²) >= 11 is 2.87. The van der Waals surface area contributed by atoms with Gasteiger partial charge in [-0.15, -0.1) is 0 Å². The molecule has 33 heavy (non-hydrogen) atoms. The summed E-state index contributed by atoms with van der Waals surface area (Å²) in [5.74, 6) is 0. The number of aliphatic hydroxyl groups excluding tert-OH is 1. The highest BCUT2D eigenvalue weighted by Gasteiger charge is 2.20. The zero-order chi connectivity index (χ0) is 23.9. The molecule has 1 amide bonds. The Kier molecular flexibility index (Phi) is 13.7. The fourth-order valence-electron chi connectivity index (χ4n) is 4.11. The molecule has 1 aromatic heterocycles. The molecule has 1 aromatic rings. The Balaban J connectivity index is 1.45. The van der Waals surface area contributed by atoms with Gasteiger partial charge in [0.1, 0.15) is 6.54 Å². The molecule has 1 N–H and O–H groups in total. The number of aryl methyl sites for hydroxylation is 1. The number of carbonyl (C=O) groups is 2. The number of thiazole rings is 1. The van der Waals surface area contributed by atoms with E-state index in [0.717, 1.165) is 61.1 Å². The molecule has 0 unspecified atom stereocenters. The quantitative estimate of drug-likeness (QED) is 0.129. The number of nitrogens with zero attached hydrogens (tertiary/aromatic N) is 2. The van der Waals surface area contributed by atoms with Gasteiger partial charge in [0.25, 0.3) is 0 Å². The predicted octanol–water partition coefficient (Wildman–Crippen LogP) is 5.74. The number of rotatable bonds is 17. The van der Waals surface area contributed by atoms with Crippen LogP contribution in [-0.2, 0) is 22.5 Å². The number of aliphatic hydroxyl groups is 1. The van der Waals surface area contributed by atoms with Gasteiger partial charge in [-0.1, -0.05) is 56.3 Å². The van der Waals surface area contributed by atoms with E-state index in [2.05, 4.69) is 17.0 Å². The van der Waals surface area contributed by atoms with Gasteiger partial charge in [0.2, 0.25) is 11.9 Å². The minimum atomic E-state index is -0.272. The van der Waals surface area contributed by atoms with Crippen LogP contribution in [0.5, 0.6) is 0 Å². The molecule has 0 spiro atoms. The third-order valence-corrected chi connectivity index (χ3v) is 8.44. The molecule has 1 aliphatic heterocycles. The minimum Gasteiger partial charge on any atom is -0.457 e. The van der Waals surface area contributed by atoms with Crippen LogP contribution in [-0.4, -0.2) is 41.5 Å². The lowest BCUT2D eigenvalue weighted by molar-refractivity contribution is -0.698. The Morgan fingerprint density at radius 2 is 1.76 bits per heavy atom. The van der Waals surface area contributed by atoms with Crippen LogP contribution in [0.3, 0.4) is 0 Å². The second kappa shape index (κ2) is 16.3. The highest BCUT2D eigenvalue weighted by molar-refractivity contribution is 8.16. The first kappa shape index (κ1) is 27.9. The van der Waals surface area contributed by atoms with Crippen LogP contribution in [0, 0.1) is 6.92 Å². The van der Waals surface area contributed by atoms with Crippen LogP contribution < -0.4 is 4.57 Å². The van der Waals surface area contributed by atoms with E-state index in [1.165, 1.54) is 61.9 Å². The smallest absolute Gasteiger partial charge is 0.371 e. The maximum atomic E-state index is 11.5. The van der Waals surface area contributed by atoms with Crippen molar-refractivity contribution in [1.29, 1.82) is 0 Å². The average molecular weight is 498 g/mol. The topological polar surface area (TPSA) is 70.7 Å². The van der Waals surface area contributed by atoms with Crippen LogP contribution in [0.4, 0.5) is 4.79 Å². The fourth-order valence-corrected chi connectivity index (χ4v) is 5.92. The number of hydrogen-bond acceptors (Lipinski definition) is 6. The Hall–Kier alpha value is -1.38. The van der Waals surface area contributed by atoms with E-state index in [-0.39, 0.29) is 11.9 Å². The lowest BCUT2D eigenvalue weighted by Crippen LogP contribution is -2.34. The first-order valence-electron chi connectivity index (χ1n) is 12.4. The van der Waals surface area contributed by atoms with Crippen molar-refractivity contribution < 1.29 is 24.0 Å². The van der Waals surface area contributed by atoms with E-state index in [9.17, 15) is 9.59 Å². The second-order valence-corrected chi connectivity index (χ2v) is 10.7. The number of cyclic esters (lactones) is 1. The maximum Gasteiger partial charge on any atom is 0.371 e. The summed E-state index contributed by atoms with van der Waals surface area (Å²) in [7, 11) is 0. The number of hydrogen-bond donors (Lipinski definition) is 1. The highest BCUT2D eigenvalue weighted by Crippen LogP contribution is 2.30. The molecule has 0 radical (unpaired) electrons. The number of amides is 1. The van der Waals surface area contributed by atoms with Gasteiger partial charge in [0, 0.05) is 49.9 Å². The first-order valence-corrected chi connectivity index (χ1v) is 14.1. The van der Waals surface area contributed by atoms with Crippen molar-refractivity contribution in [3.8, 4) is 0 Å². The number of ether oxygens (including phenoxy) is 1. The molecular weight excluding hydrogens is 456 g/mol. The van der Waals surface area contributed by atoms with Crippen LogP contribution >= 0.6 is 23.1 Å². The van der Waals surface area contributed by atoms with Gasteiger partial charge in [0.05, 0.1) is 11.5 Å². The summed E-state index contributed by atoms with van der Waals surface area (Å²) in [6, 6.07) is 0. The summed E-state index contributed by atoms with van der Waals surface area (Å²) < 4.78 is 7.29. The lowest BCUT2D eigenvalue weighted by Gasteiger charge is -2.23. The number of thioether (sulfide) groups is 1. The number of carbonyl (C=O) groups excluding carboxylic acids is 2. The molecule has 1 fully saturated rings. The summed E-state index contributed by atoms with van der Waals surface area (Å²) in [6.07, 6.45) is 14.7. The van der Waals surface area contributed by atoms with E-state index in [1.54, 1.807) is 16.2 Å². The minimum absolute atomic E-state index is 0.231. The van der Waals surface area contributed by atoms with Gasteiger partial charge in [-0.25, -0.2) is 4.79 Å². The summed E-state index contributed by atoms with van der Waals surface area (Å²) in [5.41, 5.74) is 4.40. The van der Waals surface area contributed by atoms with E-state index in [0.29, 0.717) is 13.0 Å². The van der Waals surface area contributed by atoms with E-state index in [4.69, 9.17) is 9.84 Å². The molecule has 0 atom stereocenters. The normalized spacial score (nSPS) is 15.4. The monoisotopic (exact) mass is 497 g/mol. The molecule has 6 nitrogen and oxygen atoms in total.